The maximum atomic E-state index is 2.40. The van der Waals surface area contributed by atoms with Gasteiger partial charge in [0, 0.05) is 0 Å². The van der Waals surface area contributed by atoms with Gasteiger partial charge in [0.1, 0.15) is 46.4 Å². The molecule has 238 valence electrons. The Morgan fingerprint density at radius 1 is 0.229 bits per heavy atom. The molecule has 0 amide bonds. The van der Waals surface area contributed by atoms with E-state index in [9.17, 15) is 0 Å². The Hall–Kier alpha value is -4.02. The molecule has 0 spiro atoms. The third-order valence-corrected chi connectivity index (χ3v) is 17.8. The molecule has 0 bridgehead atoms. The predicted molar refractivity (Wildman–Crippen MR) is 204 cm³/mol. The van der Waals surface area contributed by atoms with Crippen LogP contribution in [-0.2, 0) is 12.3 Å². The van der Waals surface area contributed by atoms with Crippen molar-refractivity contribution in [1.29, 1.82) is 0 Å². The van der Waals surface area contributed by atoms with Crippen molar-refractivity contribution in [2.24, 2.45) is 0 Å². The van der Waals surface area contributed by atoms with Crippen molar-refractivity contribution < 1.29 is 24.8 Å². The number of halogens is 2. The molecule has 0 heterocycles. The third kappa shape index (κ3) is 7.05. The highest BCUT2D eigenvalue weighted by Crippen LogP contribution is 2.59. The lowest BCUT2D eigenvalue weighted by Crippen LogP contribution is -3.00. The first-order valence-electron chi connectivity index (χ1n) is 16.0. The maximum absolute atomic E-state index is 2.40. The molecule has 0 fully saturated rings. The van der Waals surface area contributed by atoms with E-state index in [1.165, 1.54) is 43.0 Å². The van der Waals surface area contributed by atoms with Crippen LogP contribution in [0.5, 0.6) is 0 Å². The van der Waals surface area contributed by atoms with Crippen LogP contribution < -0.4 is 56.6 Å². The summed E-state index contributed by atoms with van der Waals surface area (Å²) in [4.78, 5) is 0. The molecule has 0 nitrogen and oxygen atoms in total. The standard InChI is InChI=1S/C44H38P2.2ClH/c1-7-19-39(20-8-1)45(40-21-9-2-10-22-40,41-23-11-3-12-24-41)35-37-31-33-38(34-32-37)36-46(42-25-13-4-14-26-42,43-27-15-5-16-28-43)44-29-17-6-18-30-44;;/h1-34H,35-36H2;2*1H/q+2;;/p-2. The van der Waals surface area contributed by atoms with Crippen LogP contribution >= 0.6 is 14.5 Å². The fourth-order valence-corrected chi connectivity index (χ4v) is 15.3. The second kappa shape index (κ2) is 16.4. The van der Waals surface area contributed by atoms with Crippen molar-refractivity contribution in [3.05, 3.63) is 217 Å². The normalized spacial score (nSPS) is 11.2. The summed E-state index contributed by atoms with van der Waals surface area (Å²) < 4.78 is 0. The van der Waals surface area contributed by atoms with Gasteiger partial charge >= 0.3 is 0 Å². The van der Waals surface area contributed by atoms with Gasteiger partial charge < -0.3 is 24.8 Å². The summed E-state index contributed by atoms with van der Waals surface area (Å²) in [6, 6.07) is 76.7. The largest absolute Gasteiger partial charge is 1.00 e. The van der Waals surface area contributed by atoms with Gasteiger partial charge in [-0.2, -0.15) is 0 Å². The van der Waals surface area contributed by atoms with Crippen LogP contribution in [0.3, 0.4) is 0 Å². The summed E-state index contributed by atoms with van der Waals surface area (Å²) in [6.07, 6.45) is 1.95. The highest BCUT2D eigenvalue weighted by atomic mass is 35.5. The molecule has 7 aromatic carbocycles. The molecule has 0 aromatic heterocycles. The Balaban J connectivity index is 0.00000225. The molecule has 0 radical (unpaired) electrons. The zero-order valence-electron chi connectivity index (χ0n) is 26.7. The van der Waals surface area contributed by atoms with Crippen molar-refractivity contribution in [1.82, 2.24) is 0 Å². The molecule has 0 aliphatic heterocycles. The molecule has 7 rings (SSSR count). The first-order valence-corrected chi connectivity index (χ1v) is 19.9. The molecule has 0 aliphatic carbocycles. The summed E-state index contributed by atoms with van der Waals surface area (Å²) in [5.74, 6) is 0. The van der Waals surface area contributed by atoms with Gasteiger partial charge in [0.15, 0.2) is 0 Å². The van der Waals surface area contributed by atoms with Gasteiger partial charge in [-0.25, -0.2) is 0 Å². The second-order valence-electron chi connectivity index (χ2n) is 11.8. The van der Waals surface area contributed by atoms with E-state index in [2.05, 4.69) is 206 Å². The predicted octanol–water partition coefficient (Wildman–Crippen LogP) is 2.68. The number of hydrogen-bond acceptors (Lipinski definition) is 0. The van der Waals surface area contributed by atoms with Gasteiger partial charge in [-0.3, -0.25) is 0 Å². The smallest absolute Gasteiger partial charge is 0.116 e. The maximum Gasteiger partial charge on any atom is 0.116 e. The van der Waals surface area contributed by atoms with Gasteiger partial charge in [-0.05, 0) is 83.9 Å². The zero-order chi connectivity index (χ0) is 31.1. The molecule has 0 saturated heterocycles. The average molecular weight is 700 g/mol. The Morgan fingerprint density at radius 2 is 0.396 bits per heavy atom. The van der Waals surface area contributed by atoms with Crippen molar-refractivity contribution in [2.45, 2.75) is 12.3 Å². The monoisotopic (exact) mass is 698 g/mol. The van der Waals surface area contributed by atoms with Crippen LogP contribution in [0.1, 0.15) is 11.1 Å². The van der Waals surface area contributed by atoms with Crippen LogP contribution in [0, 0.1) is 0 Å². The Bertz CT molecular complexity index is 1610. The Labute approximate surface area is 299 Å². The summed E-state index contributed by atoms with van der Waals surface area (Å²) in [5, 5.41) is 8.49. The van der Waals surface area contributed by atoms with Crippen molar-refractivity contribution in [2.75, 3.05) is 0 Å². The Kier molecular flexibility index (Phi) is 12.1. The molecule has 0 saturated carbocycles. The molecule has 0 unspecified atom stereocenters. The Morgan fingerprint density at radius 3 is 0.562 bits per heavy atom. The van der Waals surface area contributed by atoms with Gasteiger partial charge in [0.2, 0.25) is 0 Å². The van der Waals surface area contributed by atoms with E-state index < -0.39 is 14.5 Å². The van der Waals surface area contributed by atoms with Gasteiger partial charge in [-0.15, -0.1) is 0 Å². The molecule has 4 heteroatoms. The molecular weight excluding hydrogens is 661 g/mol. The highest BCUT2D eigenvalue weighted by Gasteiger charge is 2.47. The molecule has 48 heavy (non-hydrogen) atoms. The second-order valence-corrected chi connectivity index (χ2v) is 18.7. The van der Waals surface area contributed by atoms with E-state index in [-0.39, 0.29) is 24.8 Å². The topological polar surface area (TPSA) is 0 Å². The van der Waals surface area contributed by atoms with Gasteiger partial charge in [0.25, 0.3) is 0 Å². The lowest BCUT2D eigenvalue weighted by atomic mass is 10.2. The lowest BCUT2D eigenvalue weighted by molar-refractivity contribution is -0.001000. The van der Waals surface area contributed by atoms with E-state index in [0.717, 1.165) is 12.3 Å². The van der Waals surface area contributed by atoms with E-state index >= 15 is 0 Å². The zero-order valence-corrected chi connectivity index (χ0v) is 30.0. The first kappa shape index (κ1) is 35.3. The molecule has 0 N–H and O–H groups in total. The minimum atomic E-state index is -1.97. The number of rotatable bonds is 10. The minimum absolute atomic E-state index is 0. The van der Waals surface area contributed by atoms with E-state index in [1.807, 2.05) is 0 Å². The average Bonchev–Trinajstić information content (AvgIpc) is 3.16. The molecule has 0 atom stereocenters. The van der Waals surface area contributed by atoms with Gasteiger partial charge in [0.05, 0.1) is 12.3 Å². The fraction of sp³-hybridized carbons (Fsp3) is 0.0455. The quantitative estimate of drug-likeness (QED) is 0.193. The van der Waals surface area contributed by atoms with Crippen molar-refractivity contribution >= 4 is 46.4 Å². The van der Waals surface area contributed by atoms with Crippen LogP contribution in [-0.4, -0.2) is 0 Å². The fourth-order valence-electron chi connectivity index (χ4n) is 6.83. The van der Waals surface area contributed by atoms with E-state index in [0.29, 0.717) is 0 Å². The highest BCUT2D eigenvalue weighted by molar-refractivity contribution is 7.95. The third-order valence-electron chi connectivity index (χ3n) is 9.04. The SMILES string of the molecule is [Cl-].[Cl-].c1ccc([P+](Cc2ccc(C[P+](c3ccccc3)(c3ccccc3)c3ccccc3)cc2)(c2ccccc2)c2ccccc2)cc1. The number of hydrogen-bond donors (Lipinski definition) is 0. The summed E-state index contributed by atoms with van der Waals surface area (Å²) >= 11 is 0. The van der Waals surface area contributed by atoms with Crippen molar-refractivity contribution in [3.63, 3.8) is 0 Å². The van der Waals surface area contributed by atoms with Crippen LogP contribution in [0.2, 0.25) is 0 Å². The van der Waals surface area contributed by atoms with Gasteiger partial charge in [-0.1, -0.05) is 133 Å². The van der Waals surface area contributed by atoms with Crippen LogP contribution in [0.4, 0.5) is 0 Å². The molecule has 7 aromatic rings. The van der Waals surface area contributed by atoms with Crippen LogP contribution in [0.25, 0.3) is 0 Å². The first-order chi connectivity index (χ1) is 22.8. The molecular formula is C44H38Cl2P2. The summed E-state index contributed by atoms with van der Waals surface area (Å²) in [7, 11) is -3.94. The lowest BCUT2D eigenvalue weighted by Gasteiger charge is -2.29. The number of benzene rings is 7. The summed E-state index contributed by atoms with van der Waals surface area (Å²) in [5.41, 5.74) is 2.74. The van der Waals surface area contributed by atoms with Crippen LogP contribution in [0.15, 0.2) is 206 Å². The summed E-state index contributed by atoms with van der Waals surface area (Å²) in [6.45, 7) is 0. The van der Waals surface area contributed by atoms with E-state index in [1.54, 1.807) is 0 Å². The molecule has 0 aliphatic rings. The van der Waals surface area contributed by atoms with Crippen molar-refractivity contribution in [3.8, 4) is 0 Å². The minimum Gasteiger partial charge on any atom is -1.00 e. The van der Waals surface area contributed by atoms with E-state index in [4.69, 9.17) is 0 Å².